The van der Waals surface area contributed by atoms with Crippen LogP contribution < -0.4 is 10.6 Å². The smallest absolute Gasteiger partial charge is 0.343 e. The summed E-state index contributed by atoms with van der Waals surface area (Å²) >= 11 is 0. The summed E-state index contributed by atoms with van der Waals surface area (Å²) in [6.07, 6.45) is 0.770. The third-order valence-electron chi connectivity index (χ3n) is 4.81. The number of amides is 4. The Morgan fingerprint density at radius 1 is 0.969 bits per heavy atom. The molecule has 2 aromatic rings. The van der Waals surface area contributed by atoms with Gasteiger partial charge in [0.2, 0.25) is 11.8 Å². The fourth-order valence-corrected chi connectivity index (χ4v) is 3.19. The quantitative estimate of drug-likeness (QED) is 0.414. The normalized spacial score (nSPS) is 11.2. The summed E-state index contributed by atoms with van der Waals surface area (Å²) in [6.45, 7) is 2.29. The predicted octanol–water partition coefficient (Wildman–Crippen LogP) is 2.82. The lowest BCUT2D eigenvalue weighted by Crippen LogP contribution is -2.46. The Morgan fingerprint density at radius 3 is 2.12 bits per heavy atom. The number of rotatable bonds is 11. The van der Waals surface area contributed by atoms with Gasteiger partial charge in [-0.05, 0) is 24.0 Å². The molecule has 2 N–H and O–H groups in total. The molecular weight excluding hydrogens is 410 g/mol. The Bertz CT molecular complexity index is 892. The van der Waals surface area contributed by atoms with Crippen LogP contribution >= 0.6 is 0 Å². The van der Waals surface area contributed by atoms with Crippen LogP contribution in [-0.4, -0.2) is 47.4 Å². The van der Waals surface area contributed by atoms with Crippen LogP contribution in [0.3, 0.4) is 0 Å². The van der Waals surface area contributed by atoms with Gasteiger partial charge in [0, 0.05) is 33.6 Å². The fourth-order valence-electron chi connectivity index (χ4n) is 3.19. The summed E-state index contributed by atoms with van der Waals surface area (Å²) in [5, 5.41) is 8.93. The summed E-state index contributed by atoms with van der Waals surface area (Å²) in [5.74, 6) is -0.608. The van der Waals surface area contributed by atoms with Crippen LogP contribution in [0.5, 0.6) is 0 Å². The van der Waals surface area contributed by atoms with E-state index in [-0.39, 0.29) is 18.4 Å². The summed E-state index contributed by atoms with van der Waals surface area (Å²) in [7, 11) is 1.30. The van der Waals surface area contributed by atoms with Crippen molar-refractivity contribution in [3.05, 3.63) is 76.7 Å². The summed E-state index contributed by atoms with van der Waals surface area (Å²) in [6, 6.07) is 17.6. The Morgan fingerprint density at radius 2 is 1.56 bits per heavy atom. The second-order valence-corrected chi connectivity index (χ2v) is 7.39. The lowest BCUT2D eigenvalue weighted by molar-refractivity contribution is -0.128. The first-order valence-corrected chi connectivity index (χ1v) is 10.4. The summed E-state index contributed by atoms with van der Waals surface area (Å²) in [4.78, 5) is 49.1. The molecule has 0 radical (unpaired) electrons. The minimum atomic E-state index is -0.730. The average molecular weight is 440 g/mol. The number of hydrogen-bond acceptors (Lipinski definition) is 5. The third-order valence-corrected chi connectivity index (χ3v) is 4.81. The Hall–Kier alpha value is -3.75. The molecule has 0 fully saturated rings. The first kappa shape index (κ1) is 24.5. The molecule has 2 rings (SSSR count). The highest BCUT2D eigenvalue weighted by atomic mass is 16.3. The van der Waals surface area contributed by atoms with Crippen molar-refractivity contribution in [2.24, 2.45) is 5.29 Å². The van der Waals surface area contributed by atoms with E-state index in [9.17, 15) is 19.3 Å². The van der Waals surface area contributed by atoms with Gasteiger partial charge in [0.15, 0.2) is 0 Å². The maximum atomic E-state index is 12.6. The minimum Gasteiger partial charge on any atom is -0.350 e. The first-order chi connectivity index (χ1) is 15.4. The average Bonchev–Trinajstić information content (AvgIpc) is 2.81. The van der Waals surface area contributed by atoms with E-state index in [1.54, 1.807) is 0 Å². The molecule has 2 aromatic carbocycles. The van der Waals surface area contributed by atoms with Gasteiger partial charge in [-0.15, -0.1) is 4.91 Å². The van der Waals surface area contributed by atoms with Crippen molar-refractivity contribution in [1.29, 1.82) is 0 Å². The zero-order chi connectivity index (χ0) is 23.3. The van der Waals surface area contributed by atoms with Gasteiger partial charge in [0.1, 0.15) is 6.04 Å². The van der Waals surface area contributed by atoms with E-state index in [1.165, 1.54) is 18.9 Å². The maximum absolute atomic E-state index is 12.6. The molecule has 4 amide bonds. The molecule has 9 heteroatoms. The topological polar surface area (TPSA) is 111 Å². The SMILES string of the molecule is CC(=O)N[C@@H](CCCN(Cc1ccccc1)C(=O)N(C)N=O)C(=O)NCc1ccccc1. The Balaban J connectivity index is 1.98. The molecule has 0 spiro atoms. The van der Waals surface area contributed by atoms with Gasteiger partial charge in [-0.3, -0.25) is 9.59 Å². The number of carbonyl (C=O) groups is 3. The highest BCUT2D eigenvalue weighted by Crippen LogP contribution is 2.10. The van der Waals surface area contributed by atoms with Crippen LogP contribution in [0.1, 0.15) is 30.9 Å². The van der Waals surface area contributed by atoms with Crippen LogP contribution in [0.4, 0.5) is 4.79 Å². The molecule has 0 heterocycles. The maximum Gasteiger partial charge on any atom is 0.343 e. The van der Waals surface area contributed by atoms with Gasteiger partial charge < -0.3 is 15.5 Å². The standard InChI is InChI=1S/C23H29N5O4/c1-18(29)25-21(22(30)24-16-19-10-5-3-6-11-19)14-9-15-28(23(31)27(2)26-32)17-20-12-7-4-8-13-20/h3-8,10-13,21H,9,14-17H2,1-2H3,(H,24,30)(H,25,29)/t21-/m0/s1. The van der Waals surface area contributed by atoms with Crippen molar-refractivity contribution in [3.8, 4) is 0 Å². The van der Waals surface area contributed by atoms with Gasteiger partial charge in [-0.25, -0.2) is 4.79 Å². The molecule has 0 unspecified atom stereocenters. The number of benzene rings is 2. The summed E-state index contributed by atoms with van der Waals surface area (Å²) < 4.78 is 0. The van der Waals surface area contributed by atoms with E-state index in [0.29, 0.717) is 25.9 Å². The van der Waals surface area contributed by atoms with Gasteiger partial charge in [-0.1, -0.05) is 60.7 Å². The molecule has 0 saturated carbocycles. The van der Waals surface area contributed by atoms with Crippen LogP contribution in [0, 0.1) is 4.91 Å². The van der Waals surface area contributed by atoms with E-state index >= 15 is 0 Å². The molecule has 0 aromatic heterocycles. The largest absolute Gasteiger partial charge is 0.350 e. The van der Waals surface area contributed by atoms with Crippen molar-refractivity contribution in [2.45, 2.75) is 38.9 Å². The lowest BCUT2D eigenvalue weighted by atomic mass is 10.1. The fraction of sp³-hybridized carbons (Fsp3) is 0.348. The molecule has 9 nitrogen and oxygen atoms in total. The lowest BCUT2D eigenvalue weighted by Gasteiger charge is -2.25. The molecule has 170 valence electrons. The van der Waals surface area contributed by atoms with Crippen molar-refractivity contribution in [3.63, 3.8) is 0 Å². The number of carbonyl (C=O) groups excluding carboxylic acids is 3. The van der Waals surface area contributed by atoms with Crippen LogP contribution in [0.2, 0.25) is 0 Å². The Kier molecular flexibility index (Phi) is 9.83. The zero-order valence-corrected chi connectivity index (χ0v) is 18.4. The highest BCUT2D eigenvalue weighted by Gasteiger charge is 2.22. The molecule has 0 aliphatic rings. The van der Waals surface area contributed by atoms with E-state index in [4.69, 9.17) is 0 Å². The second-order valence-electron chi connectivity index (χ2n) is 7.39. The number of nitrogens with one attached hydrogen (secondary N) is 2. The van der Waals surface area contributed by atoms with E-state index in [1.807, 2.05) is 60.7 Å². The Labute approximate surface area is 187 Å². The number of urea groups is 1. The molecule has 0 saturated heterocycles. The minimum absolute atomic E-state index is 0.287. The molecule has 0 bridgehead atoms. The van der Waals surface area contributed by atoms with Crippen molar-refractivity contribution in [1.82, 2.24) is 20.5 Å². The first-order valence-electron chi connectivity index (χ1n) is 10.4. The number of hydrogen-bond donors (Lipinski definition) is 2. The van der Waals surface area contributed by atoms with Gasteiger partial charge in [-0.2, -0.15) is 5.01 Å². The summed E-state index contributed by atoms with van der Waals surface area (Å²) in [5.41, 5.74) is 1.85. The highest BCUT2D eigenvalue weighted by molar-refractivity contribution is 5.86. The van der Waals surface area contributed by atoms with Crippen LogP contribution in [0.25, 0.3) is 0 Å². The van der Waals surface area contributed by atoms with Gasteiger partial charge in [0.05, 0.1) is 5.29 Å². The zero-order valence-electron chi connectivity index (χ0n) is 18.4. The van der Waals surface area contributed by atoms with Crippen molar-refractivity contribution >= 4 is 17.8 Å². The number of nitroso groups, excluding NO2 is 1. The van der Waals surface area contributed by atoms with E-state index in [2.05, 4.69) is 15.9 Å². The van der Waals surface area contributed by atoms with Crippen LogP contribution in [0.15, 0.2) is 65.9 Å². The van der Waals surface area contributed by atoms with E-state index < -0.39 is 12.1 Å². The van der Waals surface area contributed by atoms with E-state index in [0.717, 1.165) is 16.1 Å². The second kappa shape index (κ2) is 12.8. The van der Waals surface area contributed by atoms with Crippen molar-refractivity contribution < 1.29 is 14.4 Å². The van der Waals surface area contributed by atoms with Crippen molar-refractivity contribution in [2.75, 3.05) is 13.6 Å². The monoisotopic (exact) mass is 439 g/mol. The molecule has 32 heavy (non-hydrogen) atoms. The van der Waals surface area contributed by atoms with Gasteiger partial charge >= 0.3 is 6.03 Å². The van der Waals surface area contributed by atoms with Crippen LogP contribution in [-0.2, 0) is 22.7 Å². The molecule has 0 aliphatic heterocycles. The predicted molar refractivity (Wildman–Crippen MR) is 121 cm³/mol. The van der Waals surface area contributed by atoms with Gasteiger partial charge in [0.25, 0.3) is 0 Å². The molecular formula is C23H29N5O4. The molecule has 0 aliphatic carbocycles. The third kappa shape index (κ3) is 8.17. The molecule has 1 atom stereocenters. The number of nitrogens with zero attached hydrogens (tertiary/aromatic N) is 3.